The summed E-state index contributed by atoms with van der Waals surface area (Å²) in [7, 11) is 3.43. The van der Waals surface area contributed by atoms with E-state index >= 15 is 0 Å². The number of hydrogen-bond donors (Lipinski definition) is 2. The predicted molar refractivity (Wildman–Crippen MR) is 114 cm³/mol. The van der Waals surface area contributed by atoms with Gasteiger partial charge < -0.3 is 20.1 Å². The van der Waals surface area contributed by atoms with Crippen LogP contribution in [-0.4, -0.2) is 56.3 Å². The maximum absolute atomic E-state index is 5.43. The fourth-order valence-corrected chi connectivity index (χ4v) is 2.20. The van der Waals surface area contributed by atoms with E-state index in [9.17, 15) is 0 Å². The van der Waals surface area contributed by atoms with Crippen molar-refractivity contribution in [3.8, 4) is 5.69 Å². The summed E-state index contributed by atoms with van der Waals surface area (Å²) in [6, 6.07) is 12.0. The van der Waals surface area contributed by atoms with Gasteiger partial charge in [-0.3, -0.25) is 4.99 Å². The molecule has 0 amide bonds. The summed E-state index contributed by atoms with van der Waals surface area (Å²) < 4.78 is 12.2. The fourth-order valence-electron chi connectivity index (χ4n) is 2.20. The molecule has 1 heterocycles. The molecule has 7 nitrogen and oxygen atoms in total. The number of aromatic nitrogens is 2. The number of halogens is 1. The lowest BCUT2D eigenvalue weighted by molar-refractivity contribution is 0.0698. The molecule has 0 fully saturated rings. The summed E-state index contributed by atoms with van der Waals surface area (Å²) in [5.41, 5.74) is 2.00. The third-order valence-electron chi connectivity index (χ3n) is 3.52. The van der Waals surface area contributed by atoms with Crippen molar-refractivity contribution >= 4 is 29.9 Å². The molecular weight excluding hydrogens is 445 g/mol. The van der Waals surface area contributed by atoms with Crippen LogP contribution in [0, 0.1) is 0 Å². The molecule has 2 rings (SSSR count). The first kappa shape index (κ1) is 22.4. The van der Waals surface area contributed by atoms with Crippen LogP contribution in [0.3, 0.4) is 0 Å². The van der Waals surface area contributed by atoms with Gasteiger partial charge in [-0.15, -0.1) is 24.0 Å². The van der Waals surface area contributed by atoms with E-state index in [0.29, 0.717) is 26.4 Å². The minimum atomic E-state index is 0. The molecule has 0 aliphatic rings. The summed E-state index contributed by atoms with van der Waals surface area (Å²) in [5, 5.41) is 11.1. The Bertz CT molecular complexity index is 634. The summed E-state index contributed by atoms with van der Waals surface area (Å²) >= 11 is 0. The van der Waals surface area contributed by atoms with Gasteiger partial charge in [0.1, 0.15) is 0 Å². The molecule has 0 atom stereocenters. The zero-order valence-electron chi connectivity index (χ0n) is 15.4. The average molecular weight is 473 g/mol. The van der Waals surface area contributed by atoms with Gasteiger partial charge >= 0.3 is 0 Å². The van der Waals surface area contributed by atoms with Crippen molar-refractivity contribution in [3.63, 3.8) is 0 Å². The summed E-state index contributed by atoms with van der Waals surface area (Å²) in [4.78, 5) is 4.21. The van der Waals surface area contributed by atoms with Gasteiger partial charge in [0, 0.05) is 33.5 Å². The van der Waals surface area contributed by atoms with E-state index in [2.05, 4.69) is 20.7 Å². The standard InChI is InChI=1S/C18H27N5O2.HI/c1-19-18(20-10-6-12-25-14-13-24-2)21-15-16-9-11-23(22-16)17-7-4-3-5-8-17;/h3-5,7-9,11H,6,10,12-15H2,1-2H3,(H2,19,20,21);1H. The Morgan fingerprint density at radius 2 is 1.92 bits per heavy atom. The highest BCUT2D eigenvalue weighted by Gasteiger charge is 2.02. The van der Waals surface area contributed by atoms with E-state index in [1.54, 1.807) is 14.2 Å². The SMILES string of the molecule is CN=C(NCCCOCCOC)NCc1ccn(-c2ccccc2)n1.I. The number of nitrogens with one attached hydrogen (secondary N) is 2. The number of aliphatic imine (C=N–C) groups is 1. The van der Waals surface area contributed by atoms with Crippen LogP contribution in [0.5, 0.6) is 0 Å². The highest BCUT2D eigenvalue weighted by atomic mass is 127. The molecule has 1 aromatic carbocycles. The third kappa shape index (κ3) is 8.15. The van der Waals surface area contributed by atoms with Gasteiger partial charge in [-0.25, -0.2) is 4.68 Å². The topological polar surface area (TPSA) is 72.7 Å². The van der Waals surface area contributed by atoms with Gasteiger partial charge in [-0.1, -0.05) is 18.2 Å². The Hall–Kier alpha value is -1.65. The molecule has 0 radical (unpaired) electrons. The predicted octanol–water partition coefficient (Wildman–Crippen LogP) is 2.21. The molecule has 0 aliphatic heterocycles. The molecule has 8 heteroatoms. The summed E-state index contributed by atoms with van der Waals surface area (Å²) in [5.74, 6) is 0.756. The molecule has 0 bridgehead atoms. The Morgan fingerprint density at radius 1 is 1.12 bits per heavy atom. The summed E-state index contributed by atoms with van der Waals surface area (Å²) in [6.07, 6.45) is 2.87. The van der Waals surface area contributed by atoms with Gasteiger partial charge in [-0.05, 0) is 24.6 Å². The highest BCUT2D eigenvalue weighted by molar-refractivity contribution is 14.0. The van der Waals surface area contributed by atoms with Crippen LogP contribution >= 0.6 is 24.0 Å². The second kappa shape index (κ2) is 13.5. The van der Waals surface area contributed by atoms with Crippen LogP contribution < -0.4 is 10.6 Å². The third-order valence-corrected chi connectivity index (χ3v) is 3.52. The Morgan fingerprint density at radius 3 is 2.65 bits per heavy atom. The van der Waals surface area contributed by atoms with Crippen LogP contribution in [0.1, 0.15) is 12.1 Å². The van der Waals surface area contributed by atoms with E-state index in [1.807, 2.05) is 47.3 Å². The molecule has 0 unspecified atom stereocenters. The second-order valence-corrected chi connectivity index (χ2v) is 5.40. The van der Waals surface area contributed by atoms with Gasteiger partial charge in [0.05, 0.1) is 31.1 Å². The number of rotatable bonds is 10. The van der Waals surface area contributed by atoms with Crippen molar-refractivity contribution in [1.82, 2.24) is 20.4 Å². The molecule has 2 N–H and O–H groups in total. The normalized spacial score (nSPS) is 11.1. The Balaban J connectivity index is 0.00000338. The molecule has 0 saturated heterocycles. The van der Waals surface area contributed by atoms with Gasteiger partial charge in [0.2, 0.25) is 0 Å². The average Bonchev–Trinajstić information content (AvgIpc) is 3.13. The maximum atomic E-state index is 5.43. The molecule has 2 aromatic rings. The molecule has 0 aliphatic carbocycles. The van der Waals surface area contributed by atoms with Crippen molar-refractivity contribution in [3.05, 3.63) is 48.3 Å². The lowest BCUT2D eigenvalue weighted by Gasteiger charge is -2.11. The van der Waals surface area contributed by atoms with Crippen molar-refractivity contribution in [2.45, 2.75) is 13.0 Å². The molecule has 144 valence electrons. The van der Waals surface area contributed by atoms with Gasteiger partial charge in [0.15, 0.2) is 5.96 Å². The fraction of sp³-hybridized carbons (Fsp3) is 0.444. The zero-order valence-corrected chi connectivity index (χ0v) is 17.7. The number of guanidine groups is 1. The first-order valence-corrected chi connectivity index (χ1v) is 8.44. The quantitative estimate of drug-likeness (QED) is 0.240. The van der Waals surface area contributed by atoms with E-state index in [1.165, 1.54) is 0 Å². The number of hydrogen-bond acceptors (Lipinski definition) is 4. The maximum Gasteiger partial charge on any atom is 0.191 e. The van der Waals surface area contributed by atoms with E-state index in [-0.39, 0.29) is 24.0 Å². The van der Waals surface area contributed by atoms with Crippen molar-refractivity contribution in [1.29, 1.82) is 0 Å². The number of ether oxygens (including phenoxy) is 2. The monoisotopic (exact) mass is 473 g/mol. The first-order chi connectivity index (χ1) is 12.3. The lowest BCUT2D eigenvalue weighted by Crippen LogP contribution is -2.37. The van der Waals surface area contributed by atoms with Crippen LogP contribution in [0.15, 0.2) is 47.6 Å². The number of nitrogens with zero attached hydrogens (tertiary/aromatic N) is 3. The lowest BCUT2D eigenvalue weighted by atomic mass is 10.3. The van der Waals surface area contributed by atoms with Crippen molar-refractivity contribution in [2.75, 3.05) is 40.5 Å². The molecule has 0 spiro atoms. The minimum absolute atomic E-state index is 0. The Kier molecular flexibility index (Phi) is 11.7. The molecule has 0 saturated carbocycles. The van der Waals surface area contributed by atoms with Crippen LogP contribution in [0.25, 0.3) is 5.69 Å². The molecule has 1 aromatic heterocycles. The van der Waals surface area contributed by atoms with Crippen LogP contribution in [-0.2, 0) is 16.0 Å². The van der Waals surface area contributed by atoms with Crippen LogP contribution in [0.2, 0.25) is 0 Å². The molecule has 26 heavy (non-hydrogen) atoms. The van der Waals surface area contributed by atoms with E-state index in [4.69, 9.17) is 9.47 Å². The zero-order chi connectivity index (χ0) is 17.7. The number of methoxy groups -OCH3 is 1. The van der Waals surface area contributed by atoms with E-state index < -0.39 is 0 Å². The largest absolute Gasteiger partial charge is 0.382 e. The highest BCUT2D eigenvalue weighted by Crippen LogP contribution is 2.06. The summed E-state index contributed by atoms with van der Waals surface area (Å²) in [6.45, 7) is 3.38. The van der Waals surface area contributed by atoms with E-state index in [0.717, 1.165) is 30.3 Å². The van der Waals surface area contributed by atoms with Gasteiger partial charge in [0.25, 0.3) is 0 Å². The Labute approximate surface area is 172 Å². The van der Waals surface area contributed by atoms with Gasteiger partial charge in [-0.2, -0.15) is 5.10 Å². The minimum Gasteiger partial charge on any atom is -0.382 e. The van der Waals surface area contributed by atoms with Crippen molar-refractivity contribution in [2.24, 2.45) is 4.99 Å². The number of benzene rings is 1. The second-order valence-electron chi connectivity index (χ2n) is 5.40. The van der Waals surface area contributed by atoms with Crippen molar-refractivity contribution < 1.29 is 9.47 Å². The molecular formula is C18H28IN5O2. The smallest absolute Gasteiger partial charge is 0.191 e. The first-order valence-electron chi connectivity index (χ1n) is 8.44. The number of para-hydroxylation sites is 1. The van der Waals surface area contributed by atoms with Crippen LogP contribution in [0.4, 0.5) is 0 Å².